The lowest BCUT2D eigenvalue weighted by molar-refractivity contribution is -0.248. The van der Waals surface area contributed by atoms with Crippen molar-refractivity contribution in [3.63, 3.8) is 0 Å². The van der Waals surface area contributed by atoms with Crippen LogP contribution in [0.3, 0.4) is 0 Å². The standard InChI is InChI=1S/C43H60O10/c1-5-6-7-8-9-19-26-48-42-40(46-4)39(45-3)38(53-42)35(30-44-2)51-43-41(50-29-34-24-17-12-18-25-34)37(49-28-33-22-15-11-16-23-33)36(52-43)31-47-27-32-20-13-10-14-21-32/h10-18,20-25,35-43H,5-9,19,26-31H2,1-4H3/t35-,36-,37-,38+,39+,40-,41+,42-,43+/m1/s1. The first-order valence-electron chi connectivity index (χ1n) is 19.2. The molecule has 10 nitrogen and oxygen atoms in total. The van der Waals surface area contributed by atoms with E-state index in [0.717, 1.165) is 29.5 Å². The summed E-state index contributed by atoms with van der Waals surface area (Å²) in [6.07, 6.45) is 1.83. The molecule has 0 amide bonds. The molecule has 2 saturated heterocycles. The van der Waals surface area contributed by atoms with Crippen LogP contribution in [-0.2, 0) is 67.2 Å². The number of methoxy groups -OCH3 is 3. The molecule has 0 N–H and O–H groups in total. The zero-order valence-corrected chi connectivity index (χ0v) is 31.9. The molecule has 0 radical (unpaired) electrons. The normalized spacial score (nSPS) is 26.3. The van der Waals surface area contributed by atoms with E-state index in [1.807, 2.05) is 91.0 Å². The molecule has 0 aliphatic carbocycles. The molecule has 0 saturated carbocycles. The second-order valence-electron chi connectivity index (χ2n) is 13.7. The first-order chi connectivity index (χ1) is 26.1. The van der Waals surface area contributed by atoms with E-state index in [1.165, 1.54) is 25.7 Å². The van der Waals surface area contributed by atoms with Crippen LogP contribution < -0.4 is 0 Å². The molecule has 2 aliphatic rings. The molecule has 3 aromatic carbocycles. The summed E-state index contributed by atoms with van der Waals surface area (Å²) >= 11 is 0. The molecule has 53 heavy (non-hydrogen) atoms. The van der Waals surface area contributed by atoms with Crippen LogP contribution in [-0.4, -0.2) is 96.5 Å². The van der Waals surface area contributed by atoms with Gasteiger partial charge in [0.1, 0.15) is 42.7 Å². The van der Waals surface area contributed by atoms with Gasteiger partial charge in [0.05, 0.1) is 33.0 Å². The molecule has 3 aromatic rings. The molecule has 2 aliphatic heterocycles. The lowest BCUT2D eigenvalue weighted by atomic mass is 10.1. The van der Waals surface area contributed by atoms with Crippen molar-refractivity contribution in [1.82, 2.24) is 0 Å². The van der Waals surface area contributed by atoms with Crippen molar-refractivity contribution in [1.29, 1.82) is 0 Å². The Morgan fingerprint density at radius 2 is 1.13 bits per heavy atom. The van der Waals surface area contributed by atoms with Crippen LogP contribution in [0, 0.1) is 0 Å². The van der Waals surface area contributed by atoms with E-state index >= 15 is 0 Å². The van der Waals surface area contributed by atoms with Crippen LogP contribution in [0.2, 0.25) is 0 Å². The zero-order chi connectivity index (χ0) is 37.1. The summed E-state index contributed by atoms with van der Waals surface area (Å²) in [5, 5.41) is 0. The van der Waals surface area contributed by atoms with Crippen LogP contribution in [0.25, 0.3) is 0 Å². The Kier molecular flexibility index (Phi) is 18.2. The van der Waals surface area contributed by atoms with Crippen molar-refractivity contribution in [2.24, 2.45) is 0 Å². The van der Waals surface area contributed by atoms with Gasteiger partial charge in [0.2, 0.25) is 0 Å². The van der Waals surface area contributed by atoms with Gasteiger partial charge in [-0.3, -0.25) is 0 Å². The van der Waals surface area contributed by atoms with Crippen molar-refractivity contribution < 1.29 is 47.4 Å². The predicted molar refractivity (Wildman–Crippen MR) is 201 cm³/mol. The van der Waals surface area contributed by atoms with Crippen molar-refractivity contribution in [3.05, 3.63) is 108 Å². The molecular weight excluding hydrogens is 676 g/mol. The highest BCUT2D eigenvalue weighted by atomic mass is 16.8. The third-order valence-electron chi connectivity index (χ3n) is 9.77. The van der Waals surface area contributed by atoms with E-state index in [1.54, 1.807) is 21.3 Å². The summed E-state index contributed by atoms with van der Waals surface area (Å²) in [5.74, 6) is 0. The Hall–Kier alpha value is -2.74. The molecule has 0 unspecified atom stereocenters. The lowest BCUT2D eigenvalue weighted by Gasteiger charge is -2.31. The maximum Gasteiger partial charge on any atom is 0.187 e. The fourth-order valence-corrected chi connectivity index (χ4v) is 6.94. The van der Waals surface area contributed by atoms with E-state index in [9.17, 15) is 0 Å². The molecule has 10 heteroatoms. The first-order valence-corrected chi connectivity index (χ1v) is 19.2. The van der Waals surface area contributed by atoms with Gasteiger partial charge in [-0.2, -0.15) is 0 Å². The minimum absolute atomic E-state index is 0.209. The van der Waals surface area contributed by atoms with Crippen LogP contribution in [0.5, 0.6) is 0 Å². The van der Waals surface area contributed by atoms with Gasteiger partial charge in [-0.25, -0.2) is 0 Å². The van der Waals surface area contributed by atoms with E-state index in [0.29, 0.717) is 26.4 Å². The molecular formula is C43H60O10. The Morgan fingerprint density at radius 3 is 1.72 bits per heavy atom. The van der Waals surface area contributed by atoms with Crippen LogP contribution in [0.15, 0.2) is 91.0 Å². The molecule has 0 bridgehead atoms. The van der Waals surface area contributed by atoms with Gasteiger partial charge >= 0.3 is 0 Å². The lowest BCUT2D eigenvalue weighted by Crippen LogP contribution is -2.48. The highest BCUT2D eigenvalue weighted by Crippen LogP contribution is 2.35. The van der Waals surface area contributed by atoms with E-state index < -0.39 is 55.3 Å². The maximum atomic E-state index is 6.84. The minimum Gasteiger partial charge on any atom is -0.382 e. The molecule has 2 fully saturated rings. The van der Waals surface area contributed by atoms with E-state index in [2.05, 4.69) is 6.92 Å². The first kappa shape index (κ1) is 41.4. The molecule has 9 atom stereocenters. The van der Waals surface area contributed by atoms with Gasteiger partial charge in [0.25, 0.3) is 0 Å². The second-order valence-corrected chi connectivity index (χ2v) is 13.7. The highest BCUT2D eigenvalue weighted by molar-refractivity contribution is 5.15. The minimum atomic E-state index is -0.838. The maximum absolute atomic E-state index is 6.84. The van der Waals surface area contributed by atoms with Crippen molar-refractivity contribution in [2.45, 2.75) is 121 Å². The van der Waals surface area contributed by atoms with Crippen LogP contribution in [0.1, 0.15) is 62.1 Å². The van der Waals surface area contributed by atoms with Gasteiger partial charge in [-0.1, -0.05) is 130 Å². The highest BCUT2D eigenvalue weighted by Gasteiger charge is 2.53. The average Bonchev–Trinajstić information content (AvgIpc) is 3.72. The van der Waals surface area contributed by atoms with Gasteiger partial charge in [0, 0.05) is 27.9 Å². The topological polar surface area (TPSA) is 92.3 Å². The van der Waals surface area contributed by atoms with E-state index in [4.69, 9.17) is 47.4 Å². The summed E-state index contributed by atoms with van der Waals surface area (Å²) < 4.78 is 63.5. The molecule has 292 valence electrons. The van der Waals surface area contributed by atoms with Gasteiger partial charge < -0.3 is 47.4 Å². The Morgan fingerprint density at radius 1 is 0.566 bits per heavy atom. The predicted octanol–water partition coefficient (Wildman–Crippen LogP) is 7.26. The fourth-order valence-electron chi connectivity index (χ4n) is 6.94. The zero-order valence-electron chi connectivity index (χ0n) is 31.9. The molecule has 2 heterocycles. The average molecular weight is 737 g/mol. The van der Waals surface area contributed by atoms with Gasteiger partial charge in [-0.15, -0.1) is 0 Å². The summed E-state index contributed by atoms with van der Waals surface area (Å²) in [7, 11) is 4.94. The van der Waals surface area contributed by atoms with E-state index in [-0.39, 0.29) is 13.2 Å². The van der Waals surface area contributed by atoms with Crippen molar-refractivity contribution in [2.75, 3.05) is 41.2 Å². The third kappa shape index (κ3) is 12.7. The quantitative estimate of drug-likeness (QED) is 0.0828. The molecule has 5 rings (SSSR count). The largest absolute Gasteiger partial charge is 0.382 e. The van der Waals surface area contributed by atoms with Crippen molar-refractivity contribution >= 4 is 0 Å². The summed E-state index contributed by atoms with van der Waals surface area (Å²) in [6.45, 7) is 4.42. The number of ether oxygens (including phenoxy) is 10. The SMILES string of the molecule is CCCCCCCCO[C@@H]1O[C@@H]([C@@H](COC)O[C@H]2O[C@H](COCc3ccccc3)[C@@H](OCc3ccccc3)[C@@H]2OCc2ccccc2)[C@H](OC)[C@H]1OC. The number of unbranched alkanes of at least 4 members (excludes halogenated alkanes) is 5. The third-order valence-corrected chi connectivity index (χ3v) is 9.77. The number of benzene rings is 3. The Labute approximate surface area is 316 Å². The summed E-state index contributed by atoms with van der Waals surface area (Å²) in [4.78, 5) is 0. The van der Waals surface area contributed by atoms with Crippen LogP contribution in [0.4, 0.5) is 0 Å². The van der Waals surface area contributed by atoms with Crippen molar-refractivity contribution in [3.8, 4) is 0 Å². The Bertz CT molecular complexity index is 1370. The smallest absolute Gasteiger partial charge is 0.187 e. The number of rotatable bonds is 25. The number of hydrogen-bond acceptors (Lipinski definition) is 10. The fraction of sp³-hybridized carbons (Fsp3) is 0.581. The monoisotopic (exact) mass is 736 g/mol. The molecule has 0 aromatic heterocycles. The second kappa shape index (κ2) is 23.2. The van der Waals surface area contributed by atoms with Crippen LogP contribution >= 0.6 is 0 Å². The Balaban J connectivity index is 1.33. The molecule has 0 spiro atoms. The summed E-state index contributed by atoms with van der Waals surface area (Å²) in [5.41, 5.74) is 3.14. The van der Waals surface area contributed by atoms with Gasteiger partial charge in [0.15, 0.2) is 12.6 Å². The van der Waals surface area contributed by atoms with Gasteiger partial charge in [-0.05, 0) is 23.1 Å². The number of hydrogen-bond donors (Lipinski definition) is 0. The summed E-state index contributed by atoms with van der Waals surface area (Å²) in [6, 6.07) is 30.2.